The van der Waals surface area contributed by atoms with Gasteiger partial charge in [0.15, 0.2) is 0 Å². The summed E-state index contributed by atoms with van der Waals surface area (Å²) in [5, 5.41) is 3.41. The van der Waals surface area contributed by atoms with Crippen LogP contribution in [0.4, 0.5) is 4.79 Å². The molecule has 1 aliphatic carbocycles. The standard InChI is InChI=1S/C16H29NO5S.C2H6/c1-13(18)7-9-20-11-12-21-10-8-17-16(19)22-14-3-5-15(23-2)6-4-14;1-2/h14-15H,3-12H2,1-2H3,(H,17,19);1-2H3. The molecule has 148 valence electrons. The number of carbonyl (C=O) groups excluding carboxylic acids is 2. The third kappa shape index (κ3) is 14.1. The van der Waals surface area contributed by atoms with Crippen molar-refractivity contribution in [3.63, 3.8) is 0 Å². The summed E-state index contributed by atoms with van der Waals surface area (Å²) in [5.41, 5.74) is 0. The minimum absolute atomic E-state index is 0.0500. The van der Waals surface area contributed by atoms with E-state index < -0.39 is 0 Å². The molecule has 0 bridgehead atoms. The van der Waals surface area contributed by atoms with E-state index in [2.05, 4.69) is 11.6 Å². The molecule has 1 aliphatic rings. The first-order chi connectivity index (χ1) is 12.1. The Morgan fingerprint density at radius 3 is 2.16 bits per heavy atom. The summed E-state index contributed by atoms with van der Waals surface area (Å²) in [5.74, 6) is 0.121. The van der Waals surface area contributed by atoms with Gasteiger partial charge in [0.1, 0.15) is 11.9 Å². The topological polar surface area (TPSA) is 73.9 Å². The van der Waals surface area contributed by atoms with Crippen LogP contribution in [-0.2, 0) is 19.0 Å². The van der Waals surface area contributed by atoms with E-state index in [-0.39, 0.29) is 18.0 Å². The Hall–Kier alpha value is -0.790. The van der Waals surface area contributed by atoms with Crippen LogP contribution >= 0.6 is 11.8 Å². The van der Waals surface area contributed by atoms with Crippen LogP contribution in [0.2, 0.25) is 0 Å². The molecule has 0 spiro atoms. The molecule has 0 atom stereocenters. The fraction of sp³-hybridized carbons (Fsp3) is 0.889. The fourth-order valence-corrected chi connectivity index (χ4v) is 3.09. The van der Waals surface area contributed by atoms with Crippen molar-refractivity contribution >= 4 is 23.6 Å². The van der Waals surface area contributed by atoms with Gasteiger partial charge in [0.2, 0.25) is 0 Å². The molecule has 0 heterocycles. The highest BCUT2D eigenvalue weighted by atomic mass is 32.2. The van der Waals surface area contributed by atoms with Gasteiger partial charge in [0, 0.05) is 18.2 Å². The molecule has 1 amide bonds. The Balaban J connectivity index is 0.00000277. The molecule has 25 heavy (non-hydrogen) atoms. The van der Waals surface area contributed by atoms with Crippen LogP contribution in [0.15, 0.2) is 0 Å². The average molecular weight is 378 g/mol. The third-order valence-corrected chi connectivity index (χ3v) is 4.85. The summed E-state index contributed by atoms with van der Waals surface area (Å²) in [4.78, 5) is 22.3. The number of amides is 1. The van der Waals surface area contributed by atoms with Crippen LogP contribution in [0.5, 0.6) is 0 Å². The first-order valence-corrected chi connectivity index (χ1v) is 10.5. The number of rotatable bonds is 11. The van der Waals surface area contributed by atoms with E-state index in [1.807, 2.05) is 25.6 Å². The smallest absolute Gasteiger partial charge is 0.407 e. The van der Waals surface area contributed by atoms with Gasteiger partial charge in [-0.25, -0.2) is 4.79 Å². The number of carbonyl (C=O) groups is 2. The molecule has 0 saturated heterocycles. The Kier molecular flexibility index (Phi) is 16.1. The highest BCUT2D eigenvalue weighted by Crippen LogP contribution is 2.28. The number of hydrogen-bond donors (Lipinski definition) is 1. The van der Waals surface area contributed by atoms with Crippen molar-refractivity contribution in [3.8, 4) is 0 Å². The van der Waals surface area contributed by atoms with E-state index in [0.29, 0.717) is 44.6 Å². The van der Waals surface area contributed by atoms with Crippen molar-refractivity contribution in [3.05, 3.63) is 0 Å². The van der Waals surface area contributed by atoms with E-state index >= 15 is 0 Å². The summed E-state index contributed by atoms with van der Waals surface area (Å²) >= 11 is 1.89. The van der Waals surface area contributed by atoms with Crippen molar-refractivity contribution < 1.29 is 23.8 Å². The number of thioether (sulfide) groups is 1. The van der Waals surface area contributed by atoms with Crippen LogP contribution in [0, 0.1) is 0 Å². The molecular formula is C18H35NO5S. The molecule has 7 heteroatoms. The quantitative estimate of drug-likeness (QED) is 0.556. The molecule has 1 N–H and O–H groups in total. The lowest BCUT2D eigenvalue weighted by Gasteiger charge is -2.27. The maximum atomic E-state index is 11.6. The van der Waals surface area contributed by atoms with Gasteiger partial charge in [0.25, 0.3) is 0 Å². The Bertz CT molecular complexity index is 346. The van der Waals surface area contributed by atoms with Crippen LogP contribution in [0.1, 0.15) is 52.9 Å². The minimum atomic E-state index is -0.362. The lowest BCUT2D eigenvalue weighted by Crippen LogP contribution is -2.33. The summed E-state index contributed by atoms with van der Waals surface area (Å²) < 4.78 is 16.0. The average Bonchev–Trinajstić information content (AvgIpc) is 2.62. The largest absolute Gasteiger partial charge is 0.446 e. The monoisotopic (exact) mass is 377 g/mol. The lowest BCUT2D eigenvalue weighted by molar-refractivity contribution is -0.118. The molecule has 0 aromatic heterocycles. The SMILES string of the molecule is CC.CSC1CCC(OC(=O)NCCOCCOCCC(C)=O)CC1. The van der Waals surface area contributed by atoms with Crippen LogP contribution < -0.4 is 5.32 Å². The first kappa shape index (κ1) is 24.2. The number of Topliss-reactive ketones (excluding diaryl/α,β-unsaturated/α-hetero) is 1. The minimum Gasteiger partial charge on any atom is -0.446 e. The number of ketones is 1. The predicted molar refractivity (Wildman–Crippen MR) is 102 cm³/mol. The number of alkyl carbamates (subject to hydrolysis) is 1. The van der Waals surface area contributed by atoms with Crippen molar-refractivity contribution in [2.45, 2.75) is 64.2 Å². The first-order valence-electron chi connectivity index (χ1n) is 9.24. The summed E-state index contributed by atoms with van der Waals surface area (Å²) in [6, 6.07) is 0. The van der Waals surface area contributed by atoms with Crippen LogP contribution in [-0.4, -0.2) is 62.5 Å². The van der Waals surface area contributed by atoms with Gasteiger partial charge < -0.3 is 19.5 Å². The lowest BCUT2D eigenvalue weighted by atomic mass is 9.97. The van der Waals surface area contributed by atoms with Gasteiger partial charge in [-0.05, 0) is 38.9 Å². The van der Waals surface area contributed by atoms with Crippen molar-refractivity contribution in [1.82, 2.24) is 5.32 Å². The predicted octanol–water partition coefficient (Wildman–Crippen LogP) is 3.43. The molecule has 1 fully saturated rings. The van der Waals surface area contributed by atoms with E-state index in [1.165, 1.54) is 0 Å². The second kappa shape index (κ2) is 16.7. The zero-order chi connectivity index (χ0) is 18.9. The van der Waals surface area contributed by atoms with Gasteiger partial charge in [-0.15, -0.1) is 0 Å². The number of ether oxygens (including phenoxy) is 3. The second-order valence-electron chi connectivity index (χ2n) is 5.64. The van der Waals surface area contributed by atoms with Crippen LogP contribution in [0.25, 0.3) is 0 Å². The van der Waals surface area contributed by atoms with Crippen molar-refractivity contribution in [1.29, 1.82) is 0 Å². The second-order valence-corrected chi connectivity index (χ2v) is 6.78. The maximum absolute atomic E-state index is 11.6. The van der Waals surface area contributed by atoms with Crippen molar-refractivity contribution in [2.24, 2.45) is 0 Å². The normalized spacial score (nSPS) is 19.5. The molecule has 0 radical (unpaired) electrons. The van der Waals surface area contributed by atoms with Gasteiger partial charge in [-0.1, -0.05) is 13.8 Å². The van der Waals surface area contributed by atoms with Crippen molar-refractivity contribution in [2.75, 3.05) is 39.2 Å². The summed E-state index contributed by atoms with van der Waals surface area (Å²) in [6.07, 6.45) is 6.39. The molecule has 0 aromatic carbocycles. The molecule has 0 aliphatic heterocycles. The molecule has 1 rings (SSSR count). The maximum Gasteiger partial charge on any atom is 0.407 e. The zero-order valence-corrected chi connectivity index (χ0v) is 17.0. The third-order valence-electron chi connectivity index (χ3n) is 3.71. The van der Waals surface area contributed by atoms with Crippen LogP contribution in [0.3, 0.4) is 0 Å². The Morgan fingerprint density at radius 2 is 1.60 bits per heavy atom. The number of hydrogen-bond acceptors (Lipinski definition) is 6. The summed E-state index contributed by atoms with van der Waals surface area (Å²) in [6.45, 7) is 7.72. The van der Waals surface area contributed by atoms with E-state index in [9.17, 15) is 9.59 Å². The molecule has 0 aromatic rings. The van der Waals surface area contributed by atoms with Gasteiger partial charge in [0.05, 0.1) is 26.4 Å². The Labute approximate surface area is 156 Å². The van der Waals surface area contributed by atoms with Gasteiger partial charge in [-0.2, -0.15) is 11.8 Å². The van der Waals surface area contributed by atoms with E-state index in [1.54, 1.807) is 6.92 Å². The molecule has 0 unspecified atom stereocenters. The van der Waals surface area contributed by atoms with E-state index in [4.69, 9.17) is 14.2 Å². The molecule has 6 nitrogen and oxygen atoms in total. The van der Waals surface area contributed by atoms with Gasteiger partial charge in [-0.3, -0.25) is 4.79 Å². The number of nitrogens with one attached hydrogen (secondary N) is 1. The highest BCUT2D eigenvalue weighted by Gasteiger charge is 2.23. The Morgan fingerprint density at radius 1 is 1.00 bits per heavy atom. The zero-order valence-electron chi connectivity index (χ0n) is 16.2. The van der Waals surface area contributed by atoms with Gasteiger partial charge >= 0.3 is 6.09 Å². The molecule has 1 saturated carbocycles. The summed E-state index contributed by atoms with van der Waals surface area (Å²) in [7, 11) is 0. The highest BCUT2D eigenvalue weighted by molar-refractivity contribution is 7.99. The van der Waals surface area contributed by atoms with E-state index in [0.717, 1.165) is 25.7 Å². The molecular weight excluding hydrogens is 342 g/mol. The fourth-order valence-electron chi connectivity index (χ4n) is 2.34.